The number of nitrogens with zero attached hydrogens (tertiary/aromatic N) is 1. The molecular weight excluding hydrogens is 314 g/mol. The molecule has 1 aromatic carbocycles. The van der Waals surface area contributed by atoms with Crippen molar-refractivity contribution in [3.8, 4) is 11.5 Å². The lowest BCUT2D eigenvalue weighted by Crippen LogP contribution is -2.16. The number of fused-ring (bicyclic) bond motifs is 1. The van der Waals surface area contributed by atoms with Crippen molar-refractivity contribution in [2.24, 2.45) is 0 Å². The van der Waals surface area contributed by atoms with Crippen LogP contribution in [0, 0.1) is 11.5 Å². The Kier molecular flexibility index (Phi) is 3.94. The lowest BCUT2D eigenvalue weighted by Gasteiger charge is -2.11. The highest BCUT2D eigenvalue weighted by atomic mass is 79.9. The number of halogens is 1. The van der Waals surface area contributed by atoms with Crippen LogP contribution in [0.1, 0.15) is 25.5 Å². The van der Waals surface area contributed by atoms with Gasteiger partial charge < -0.3 is 4.57 Å². The monoisotopic (exact) mass is 333 g/mol. The van der Waals surface area contributed by atoms with E-state index in [1.54, 1.807) is 0 Å². The van der Waals surface area contributed by atoms with Gasteiger partial charge in [0, 0.05) is 27.7 Å². The molecule has 0 N–H and O–H groups in total. The first-order chi connectivity index (χ1) is 8.79. The Hall–Kier alpha value is -0.983. The van der Waals surface area contributed by atoms with E-state index < -0.39 is 8.07 Å². The predicted molar refractivity (Wildman–Crippen MR) is 90.2 cm³/mol. The van der Waals surface area contributed by atoms with Gasteiger partial charge in [-0.05, 0) is 35.8 Å². The third-order valence-electron chi connectivity index (χ3n) is 2.93. The van der Waals surface area contributed by atoms with E-state index in [1.165, 1.54) is 10.9 Å². The lowest BCUT2D eigenvalue weighted by molar-refractivity contribution is 0.622. The molecule has 0 aliphatic carbocycles. The van der Waals surface area contributed by atoms with Gasteiger partial charge in [0.25, 0.3) is 0 Å². The van der Waals surface area contributed by atoms with Gasteiger partial charge >= 0.3 is 0 Å². The SMILES string of the molecule is CC(C)n1cc(Br)c2cccc(C#C[Si](C)(C)C)c21. The maximum atomic E-state index is 3.65. The minimum atomic E-state index is -1.35. The highest BCUT2D eigenvalue weighted by molar-refractivity contribution is 9.10. The van der Waals surface area contributed by atoms with Crippen LogP contribution < -0.4 is 0 Å². The quantitative estimate of drug-likeness (QED) is 0.498. The molecule has 0 saturated heterocycles. The summed E-state index contributed by atoms with van der Waals surface area (Å²) in [5, 5.41) is 1.25. The number of aromatic nitrogens is 1. The van der Waals surface area contributed by atoms with Gasteiger partial charge in [-0.1, -0.05) is 37.7 Å². The van der Waals surface area contributed by atoms with Crippen LogP contribution in [0.25, 0.3) is 10.9 Å². The van der Waals surface area contributed by atoms with E-state index in [0.29, 0.717) is 6.04 Å². The Morgan fingerprint density at radius 2 is 1.89 bits per heavy atom. The third-order valence-corrected chi connectivity index (χ3v) is 4.44. The molecule has 0 saturated carbocycles. The molecule has 1 aromatic heterocycles. The van der Waals surface area contributed by atoms with E-state index in [4.69, 9.17) is 0 Å². The van der Waals surface area contributed by atoms with Crippen molar-refractivity contribution >= 4 is 34.9 Å². The molecule has 3 heteroatoms. The van der Waals surface area contributed by atoms with E-state index in [-0.39, 0.29) is 0 Å². The number of para-hydroxylation sites is 1. The van der Waals surface area contributed by atoms with Gasteiger partial charge in [-0.2, -0.15) is 0 Å². The van der Waals surface area contributed by atoms with Crippen molar-refractivity contribution in [1.29, 1.82) is 0 Å². The minimum Gasteiger partial charge on any atom is -0.343 e. The molecule has 0 unspecified atom stereocenters. The summed E-state index contributed by atoms with van der Waals surface area (Å²) in [6, 6.07) is 6.80. The first-order valence-corrected chi connectivity index (χ1v) is 10.9. The molecular formula is C16H20BrNSi. The van der Waals surface area contributed by atoms with Crippen molar-refractivity contribution in [3.63, 3.8) is 0 Å². The first-order valence-electron chi connectivity index (χ1n) is 6.62. The fourth-order valence-electron chi connectivity index (χ4n) is 2.03. The molecule has 1 nitrogen and oxygen atoms in total. The van der Waals surface area contributed by atoms with Gasteiger partial charge in [-0.15, -0.1) is 5.54 Å². The van der Waals surface area contributed by atoms with E-state index in [0.717, 1.165) is 10.0 Å². The Morgan fingerprint density at radius 1 is 1.21 bits per heavy atom. The van der Waals surface area contributed by atoms with Gasteiger partial charge in [0.05, 0.1) is 5.52 Å². The topological polar surface area (TPSA) is 4.93 Å². The molecule has 0 aliphatic rings. The fraction of sp³-hybridized carbons (Fsp3) is 0.375. The molecule has 19 heavy (non-hydrogen) atoms. The molecule has 0 spiro atoms. The van der Waals surface area contributed by atoms with Gasteiger partial charge in [-0.3, -0.25) is 0 Å². The van der Waals surface area contributed by atoms with Gasteiger partial charge in [0.1, 0.15) is 8.07 Å². The second-order valence-corrected chi connectivity index (χ2v) is 11.8. The Bertz CT molecular complexity index is 666. The number of rotatable bonds is 1. The van der Waals surface area contributed by atoms with E-state index in [2.05, 4.69) is 89.8 Å². The highest BCUT2D eigenvalue weighted by Gasteiger charge is 2.12. The number of hydrogen-bond donors (Lipinski definition) is 0. The summed E-state index contributed by atoms with van der Waals surface area (Å²) >= 11 is 3.65. The standard InChI is InChI=1S/C16H20BrNSi/c1-12(2)18-11-15(17)14-8-6-7-13(16(14)18)9-10-19(3,4)5/h6-8,11-12H,1-5H3. The zero-order valence-corrected chi connectivity index (χ0v) is 14.8. The molecule has 0 fully saturated rings. The Morgan fingerprint density at radius 3 is 2.47 bits per heavy atom. The molecule has 0 bridgehead atoms. The summed E-state index contributed by atoms with van der Waals surface area (Å²) in [6.45, 7) is 11.2. The minimum absolute atomic E-state index is 0.434. The molecule has 0 atom stereocenters. The fourth-order valence-corrected chi connectivity index (χ4v) is 3.08. The van der Waals surface area contributed by atoms with Gasteiger partial charge in [-0.25, -0.2) is 0 Å². The normalized spacial score (nSPS) is 11.7. The van der Waals surface area contributed by atoms with Crippen LogP contribution in [-0.2, 0) is 0 Å². The highest BCUT2D eigenvalue weighted by Crippen LogP contribution is 2.30. The lowest BCUT2D eigenvalue weighted by atomic mass is 10.1. The van der Waals surface area contributed by atoms with Crippen LogP contribution in [0.15, 0.2) is 28.9 Å². The van der Waals surface area contributed by atoms with E-state index >= 15 is 0 Å². The maximum absolute atomic E-state index is 3.65. The van der Waals surface area contributed by atoms with Crippen LogP contribution >= 0.6 is 15.9 Å². The van der Waals surface area contributed by atoms with Crippen molar-refractivity contribution in [1.82, 2.24) is 4.57 Å². The summed E-state index contributed by atoms with van der Waals surface area (Å²) < 4.78 is 3.45. The van der Waals surface area contributed by atoms with Crippen LogP contribution in [0.5, 0.6) is 0 Å². The second kappa shape index (κ2) is 5.18. The average Bonchev–Trinajstić information content (AvgIpc) is 2.64. The molecule has 2 aromatic rings. The zero-order chi connectivity index (χ0) is 14.2. The zero-order valence-electron chi connectivity index (χ0n) is 12.2. The second-order valence-electron chi connectivity index (χ2n) is 6.18. The largest absolute Gasteiger partial charge is 0.343 e. The molecule has 0 amide bonds. The van der Waals surface area contributed by atoms with Crippen molar-refractivity contribution < 1.29 is 0 Å². The smallest absolute Gasteiger partial charge is 0.129 e. The van der Waals surface area contributed by atoms with E-state index in [9.17, 15) is 0 Å². The Balaban J connectivity index is 2.71. The average molecular weight is 334 g/mol. The predicted octanol–water partition coefficient (Wildman–Crippen LogP) is 5.21. The summed E-state index contributed by atoms with van der Waals surface area (Å²) in [4.78, 5) is 0. The summed E-state index contributed by atoms with van der Waals surface area (Å²) in [5.41, 5.74) is 5.85. The molecule has 100 valence electrons. The molecule has 1 heterocycles. The van der Waals surface area contributed by atoms with Crippen LogP contribution in [0.2, 0.25) is 19.6 Å². The first kappa shape index (κ1) is 14.4. The van der Waals surface area contributed by atoms with Crippen molar-refractivity contribution in [2.45, 2.75) is 39.5 Å². The summed E-state index contributed by atoms with van der Waals surface area (Å²) in [6.07, 6.45) is 2.16. The van der Waals surface area contributed by atoms with Crippen LogP contribution in [0.3, 0.4) is 0 Å². The summed E-state index contributed by atoms with van der Waals surface area (Å²) in [7, 11) is -1.35. The van der Waals surface area contributed by atoms with Crippen molar-refractivity contribution in [3.05, 3.63) is 34.4 Å². The third kappa shape index (κ3) is 3.13. The molecule has 0 radical (unpaired) electrons. The van der Waals surface area contributed by atoms with Crippen molar-refractivity contribution in [2.75, 3.05) is 0 Å². The van der Waals surface area contributed by atoms with Gasteiger partial charge in [0.15, 0.2) is 0 Å². The van der Waals surface area contributed by atoms with Gasteiger partial charge in [0.2, 0.25) is 0 Å². The molecule has 2 rings (SSSR count). The maximum Gasteiger partial charge on any atom is 0.129 e. The number of hydrogen-bond acceptors (Lipinski definition) is 0. The van der Waals surface area contributed by atoms with Crippen LogP contribution in [-0.4, -0.2) is 12.6 Å². The number of benzene rings is 1. The Labute approximate surface area is 125 Å². The molecule has 0 aliphatic heterocycles. The van der Waals surface area contributed by atoms with Crippen LogP contribution in [0.4, 0.5) is 0 Å². The summed E-state index contributed by atoms with van der Waals surface area (Å²) in [5.74, 6) is 3.41. The van der Waals surface area contributed by atoms with E-state index in [1.807, 2.05) is 0 Å².